The first kappa shape index (κ1) is 54.5. The Balaban J connectivity index is 4.50. The first-order valence-electron chi connectivity index (χ1n) is 23.0. The van der Waals surface area contributed by atoms with Crippen LogP contribution in [0.2, 0.25) is 0 Å². The fraction of sp³-hybridized carbons (Fsp3) is 0.809. The molecular formula is C47H89N2O6P. The highest BCUT2D eigenvalue weighted by atomic mass is 31.2. The summed E-state index contributed by atoms with van der Waals surface area (Å²) < 4.78 is 23.2. The number of aliphatic hydroxyl groups is 1. The Bertz CT molecular complexity index is 1050. The lowest BCUT2D eigenvalue weighted by Gasteiger charge is -2.29. The van der Waals surface area contributed by atoms with Gasteiger partial charge in [0.2, 0.25) is 5.91 Å². The molecule has 0 aromatic carbocycles. The predicted octanol–water partition coefficient (Wildman–Crippen LogP) is 12.2. The fourth-order valence-corrected chi connectivity index (χ4v) is 7.02. The molecule has 0 saturated heterocycles. The zero-order valence-corrected chi connectivity index (χ0v) is 38.0. The SMILES string of the molecule is CCCCCC/C=C\CCCCCCCCCC(=O)NC(COP(=O)([O-])OCC[N+](C)(C)C)C(O)/C=C/CC/C=C/CC/C=C/CCCCCCCCCCC. The first-order chi connectivity index (χ1) is 27.0. The van der Waals surface area contributed by atoms with Crippen molar-refractivity contribution in [3.8, 4) is 0 Å². The van der Waals surface area contributed by atoms with E-state index in [4.69, 9.17) is 9.05 Å². The third kappa shape index (κ3) is 40.6. The molecule has 0 saturated carbocycles. The Morgan fingerprint density at radius 2 is 1.00 bits per heavy atom. The van der Waals surface area contributed by atoms with E-state index in [9.17, 15) is 19.4 Å². The average molecular weight is 809 g/mol. The molecular weight excluding hydrogens is 719 g/mol. The molecule has 1 amide bonds. The van der Waals surface area contributed by atoms with Gasteiger partial charge in [0.1, 0.15) is 13.2 Å². The van der Waals surface area contributed by atoms with E-state index in [0.717, 1.165) is 44.9 Å². The maximum Gasteiger partial charge on any atom is 0.268 e. The zero-order chi connectivity index (χ0) is 41.4. The van der Waals surface area contributed by atoms with E-state index >= 15 is 0 Å². The van der Waals surface area contributed by atoms with Crippen LogP contribution in [0.15, 0.2) is 48.6 Å². The zero-order valence-electron chi connectivity index (χ0n) is 37.1. The number of unbranched alkanes of at least 4 members (excludes halogenated alkanes) is 22. The molecule has 328 valence electrons. The molecule has 0 bridgehead atoms. The van der Waals surface area contributed by atoms with Gasteiger partial charge in [-0.1, -0.05) is 165 Å². The second kappa shape index (κ2) is 38.9. The van der Waals surface area contributed by atoms with Gasteiger partial charge in [-0.3, -0.25) is 9.36 Å². The van der Waals surface area contributed by atoms with Crippen LogP contribution in [0.25, 0.3) is 0 Å². The number of hydrogen-bond acceptors (Lipinski definition) is 6. The van der Waals surface area contributed by atoms with Crippen molar-refractivity contribution in [1.29, 1.82) is 0 Å². The van der Waals surface area contributed by atoms with Gasteiger partial charge >= 0.3 is 0 Å². The Hall–Kier alpha value is -1.54. The Morgan fingerprint density at radius 1 is 0.607 bits per heavy atom. The minimum Gasteiger partial charge on any atom is -0.756 e. The number of nitrogens with zero attached hydrogens (tertiary/aromatic N) is 1. The van der Waals surface area contributed by atoms with Crippen LogP contribution in [0.3, 0.4) is 0 Å². The van der Waals surface area contributed by atoms with Gasteiger partial charge in [-0.05, 0) is 70.6 Å². The fourth-order valence-electron chi connectivity index (χ4n) is 6.30. The summed E-state index contributed by atoms with van der Waals surface area (Å²) in [5.74, 6) is -0.218. The number of allylic oxidation sites excluding steroid dienone is 7. The number of rotatable bonds is 41. The van der Waals surface area contributed by atoms with Crippen LogP contribution < -0.4 is 10.2 Å². The van der Waals surface area contributed by atoms with Crippen molar-refractivity contribution in [2.75, 3.05) is 40.9 Å². The van der Waals surface area contributed by atoms with Gasteiger partial charge in [0.15, 0.2) is 0 Å². The summed E-state index contributed by atoms with van der Waals surface area (Å²) in [5.41, 5.74) is 0. The van der Waals surface area contributed by atoms with Crippen molar-refractivity contribution in [1.82, 2.24) is 5.32 Å². The third-order valence-electron chi connectivity index (χ3n) is 9.99. The van der Waals surface area contributed by atoms with Crippen LogP contribution in [-0.2, 0) is 18.4 Å². The van der Waals surface area contributed by atoms with Crippen LogP contribution in [0.4, 0.5) is 0 Å². The van der Waals surface area contributed by atoms with E-state index in [0.29, 0.717) is 17.4 Å². The summed E-state index contributed by atoms with van der Waals surface area (Å²) in [5, 5.41) is 13.8. The number of quaternary nitrogens is 1. The molecule has 0 heterocycles. The number of hydrogen-bond donors (Lipinski definition) is 2. The highest BCUT2D eigenvalue weighted by Crippen LogP contribution is 2.38. The number of nitrogens with one attached hydrogen (secondary N) is 1. The number of phosphoric acid groups is 1. The van der Waals surface area contributed by atoms with E-state index < -0.39 is 26.6 Å². The first-order valence-corrected chi connectivity index (χ1v) is 24.5. The van der Waals surface area contributed by atoms with Crippen molar-refractivity contribution in [3.05, 3.63) is 48.6 Å². The second-order valence-electron chi connectivity index (χ2n) is 16.7. The van der Waals surface area contributed by atoms with Gasteiger partial charge in [0.25, 0.3) is 7.82 Å². The number of amides is 1. The summed E-state index contributed by atoms with van der Waals surface area (Å²) in [6.45, 7) is 4.59. The van der Waals surface area contributed by atoms with Crippen LogP contribution in [0, 0.1) is 0 Å². The normalized spacial score (nSPS) is 14.8. The van der Waals surface area contributed by atoms with E-state index in [1.165, 1.54) is 128 Å². The predicted molar refractivity (Wildman–Crippen MR) is 238 cm³/mol. The number of aliphatic hydroxyl groups excluding tert-OH is 1. The van der Waals surface area contributed by atoms with Crippen molar-refractivity contribution in [2.24, 2.45) is 0 Å². The number of phosphoric ester groups is 1. The monoisotopic (exact) mass is 809 g/mol. The molecule has 9 heteroatoms. The van der Waals surface area contributed by atoms with E-state index in [1.807, 2.05) is 27.2 Å². The standard InChI is InChI=1S/C47H89N2O6P/c1-6-8-10-12-14-16-18-20-22-23-24-25-27-28-30-32-34-36-38-40-46(50)45(44-55-56(52,53)54-43-42-49(3,4)5)48-47(51)41-39-37-35-33-31-29-26-21-19-17-15-13-11-9-7-2/h17,19,24-25,30,32,38,40,45-46,50H,6-16,18,20-23,26-29,31,33-37,39,41-44H2,1-5H3,(H-,48,51,52,53)/b19-17-,25-24+,32-30+,40-38+. The average Bonchev–Trinajstić information content (AvgIpc) is 3.15. The Kier molecular flexibility index (Phi) is 37.9. The molecule has 2 N–H and O–H groups in total. The van der Waals surface area contributed by atoms with E-state index in [1.54, 1.807) is 6.08 Å². The van der Waals surface area contributed by atoms with Gasteiger partial charge in [-0.2, -0.15) is 0 Å². The molecule has 3 unspecified atom stereocenters. The van der Waals surface area contributed by atoms with E-state index in [-0.39, 0.29) is 12.5 Å². The largest absolute Gasteiger partial charge is 0.756 e. The van der Waals surface area contributed by atoms with Gasteiger partial charge in [0, 0.05) is 6.42 Å². The summed E-state index contributed by atoms with van der Waals surface area (Å²) in [6.07, 6.45) is 48.7. The lowest BCUT2D eigenvalue weighted by Crippen LogP contribution is -2.45. The molecule has 0 aliphatic rings. The van der Waals surface area contributed by atoms with Gasteiger partial charge in [0.05, 0.1) is 39.9 Å². The van der Waals surface area contributed by atoms with Crippen LogP contribution >= 0.6 is 7.82 Å². The quantitative estimate of drug-likeness (QED) is 0.0276. The van der Waals surface area contributed by atoms with Crippen LogP contribution in [0.1, 0.15) is 194 Å². The second-order valence-corrected chi connectivity index (χ2v) is 18.1. The molecule has 8 nitrogen and oxygen atoms in total. The maximum atomic E-state index is 12.8. The van der Waals surface area contributed by atoms with Crippen molar-refractivity contribution in [2.45, 2.75) is 206 Å². The van der Waals surface area contributed by atoms with Gasteiger partial charge in [-0.25, -0.2) is 0 Å². The van der Waals surface area contributed by atoms with Crippen molar-refractivity contribution in [3.63, 3.8) is 0 Å². The molecule has 0 aromatic rings. The van der Waals surface area contributed by atoms with Crippen molar-refractivity contribution < 1.29 is 32.9 Å². The molecule has 3 atom stereocenters. The number of likely N-dealkylation sites (N-methyl/N-ethyl adjacent to an activating group) is 1. The molecule has 0 aliphatic heterocycles. The summed E-state index contributed by atoms with van der Waals surface area (Å²) >= 11 is 0. The molecule has 0 rings (SSSR count). The molecule has 0 aliphatic carbocycles. The lowest BCUT2D eigenvalue weighted by molar-refractivity contribution is -0.870. The summed E-state index contributed by atoms with van der Waals surface area (Å²) in [6, 6.07) is -0.911. The third-order valence-corrected chi connectivity index (χ3v) is 11.0. The Labute approximate surface area is 346 Å². The lowest BCUT2D eigenvalue weighted by atomic mass is 10.1. The highest BCUT2D eigenvalue weighted by Gasteiger charge is 2.23. The van der Waals surface area contributed by atoms with Crippen LogP contribution in [0.5, 0.6) is 0 Å². The maximum absolute atomic E-state index is 12.8. The minimum absolute atomic E-state index is 0.0107. The van der Waals surface area contributed by atoms with E-state index in [2.05, 4.69) is 55.6 Å². The summed E-state index contributed by atoms with van der Waals surface area (Å²) in [7, 11) is 1.23. The Morgan fingerprint density at radius 3 is 1.46 bits per heavy atom. The molecule has 56 heavy (non-hydrogen) atoms. The topological polar surface area (TPSA) is 108 Å². The van der Waals surface area contributed by atoms with Gasteiger partial charge < -0.3 is 28.8 Å². The van der Waals surface area contributed by atoms with Crippen LogP contribution in [-0.4, -0.2) is 68.5 Å². The highest BCUT2D eigenvalue weighted by molar-refractivity contribution is 7.45. The van der Waals surface area contributed by atoms with Gasteiger partial charge in [-0.15, -0.1) is 0 Å². The number of carbonyl (C=O) groups excluding carboxylic acids is 1. The number of carbonyl (C=O) groups is 1. The van der Waals surface area contributed by atoms with Crippen molar-refractivity contribution >= 4 is 13.7 Å². The molecule has 0 radical (unpaired) electrons. The molecule has 0 fully saturated rings. The molecule has 0 spiro atoms. The minimum atomic E-state index is -4.60. The summed E-state index contributed by atoms with van der Waals surface area (Å²) in [4.78, 5) is 25.3. The molecule has 0 aromatic heterocycles. The smallest absolute Gasteiger partial charge is 0.268 e.